The summed E-state index contributed by atoms with van der Waals surface area (Å²) in [6.07, 6.45) is 0.681. The molecule has 0 aliphatic carbocycles. The van der Waals surface area contributed by atoms with E-state index in [1.807, 2.05) is 67.6 Å². The Morgan fingerprint density at radius 3 is 2.65 bits per heavy atom. The molecule has 1 atom stereocenters. The summed E-state index contributed by atoms with van der Waals surface area (Å²) in [5, 5.41) is 2.92. The number of ether oxygens (including phenoxy) is 1. The van der Waals surface area contributed by atoms with Crippen molar-refractivity contribution in [2.24, 2.45) is 0 Å². The van der Waals surface area contributed by atoms with Crippen molar-refractivity contribution in [1.82, 2.24) is 9.88 Å². The van der Waals surface area contributed by atoms with Crippen LogP contribution >= 0.6 is 0 Å². The number of carbonyl (C=O) groups is 2. The van der Waals surface area contributed by atoms with Crippen LogP contribution in [0.1, 0.15) is 18.2 Å². The summed E-state index contributed by atoms with van der Waals surface area (Å²) in [7, 11) is 1.64. The maximum Gasteiger partial charge on any atom is 0.332 e. The molecule has 4 aromatic rings. The van der Waals surface area contributed by atoms with Crippen molar-refractivity contribution in [1.29, 1.82) is 0 Å². The third-order valence-corrected chi connectivity index (χ3v) is 6.77. The van der Waals surface area contributed by atoms with Crippen molar-refractivity contribution in [2.45, 2.75) is 18.9 Å². The molecular weight excluding hydrogens is 390 g/mol. The Bertz CT molecular complexity index is 1400. The highest BCUT2D eigenvalue weighted by atomic mass is 16.5. The zero-order valence-corrected chi connectivity index (χ0v) is 17.3. The topological polar surface area (TPSA) is 65.6 Å². The summed E-state index contributed by atoms with van der Waals surface area (Å²) < 4.78 is 5.39. The lowest BCUT2D eigenvalue weighted by Gasteiger charge is -2.35. The number of fused-ring (bicyclic) bond motifs is 6. The molecule has 0 saturated carbocycles. The normalized spacial score (nSPS) is 20.5. The monoisotopic (exact) mass is 411 g/mol. The fraction of sp³-hybridized carbons (Fsp3) is 0.200. The lowest BCUT2D eigenvalue weighted by Crippen LogP contribution is -2.49. The molecule has 2 aliphatic heterocycles. The maximum atomic E-state index is 13.9. The highest BCUT2D eigenvalue weighted by Crippen LogP contribution is 2.46. The van der Waals surface area contributed by atoms with Gasteiger partial charge in [-0.05, 0) is 48.6 Å². The van der Waals surface area contributed by atoms with Gasteiger partial charge in [0.25, 0.3) is 5.91 Å². The van der Waals surface area contributed by atoms with E-state index in [1.54, 1.807) is 12.0 Å². The number of amides is 3. The Hall–Kier alpha value is -3.80. The second-order valence-electron chi connectivity index (χ2n) is 8.29. The van der Waals surface area contributed by atoms with Crippen LogP contribution < -0.4 is 9.64 Å². The molecule has 1 fully saturated rings. The summed E-state index contributed by atoms with van der Waals surface area (Å²) in [5.41, 5.74) is 2.37. The van der Waals surface area contributed by atoms with E-state index in [9.17, 15) is 9.59 Å². The molecule has 2 aliphatic rings. The number of anilines is 1. The third-order valence-electron chi connectivity index (χ3n) is 6.77. The molecule has 3 amide bonds. The first kappa shape index (κ1) is 18.0. The summed E-state index contributed by atoms with van der Waals surface area (Å²) in [5.74, 6) is 0.543. The van der Waals surface area contributed by atoms with Gasteiger partial charge in [-0.15, -0.1) is 0 Å². The van der Waals surface area contributed by atoms with Crippen molar-refractivity contribution < 1.29 is 14.3 Å². The minimum absolute atomic E-state index is 0.228. The van der Waals surface area contributed by atoms with E-state index in [0.717, 1.165) is 38.7 Å². The Morgan fingerprint density at radius 2 is 1.81 bits per heavy atom. The highest BCUT2D eigenvalue weighted by Gasteiger charge is 2.59. The molecular formula is C25H21N3O3. The molecule has 154 valence electrons. The van der Waals surface area contributed by atoms with E-state index < -0.39 is 5.54 Å². The van der Waals surface area contributed by atoms with Gasteiger partial charge in [-0.1, -0.05) is 36.4 Å². The summed E-state index contributed by atoms with van der Waals surface area (Å²) in [6.45, 7) is 2.34. The fourth-order valence-electron chi connectivity index (χ4n) is 5.16. The molecule has 3 heterocycles. The lowest BCUT2D eigenvalue weighted by atomic mass is 9.87. The van der Waals surface area contributed by atoms with Gasteiger partial charge in [0.15, 0.2) is 5.54 Å². The van der Waals surface area contributed by atoms with Crippen LogP contribution in [0, 0.1) is 0 Å². The molecule has 3 aromatic carbocycles. The number of hydrogen-bond acceptors (Lipinski definition) is 3. The number of aromatic nitrogens is 1. The highest BCUT2D eigenvalue weighted by molar-refractivity contribution is 6.26. The van der Waals surface area contributed by atoms with Crippen LogP contribution in [-0.2, 0) is 16.8 Å². The van der Waals surface area contributed by atoms with Gasteiger partial charge in [0.05, 0.1) is 18.5 Å². The Balaban J connectivity index is 1.55. The quantitative estimate of drug-likeness (QED) is 0.492. The second-order valence-corrected chi connectivity index (χ2v) is 8.29. The molecule has 6 rings (SSSR count). The zero-order valence-electron chi connectivity index (χ0n) is 17.3. The zero-order chi connectivity index (χ0) is 21.3. The van der Waals surface area contributed by atoms with E-state index >= 15 is 0 Å². The summed E-state index contributed by atoms with van der Waals surface area (Å²) >= 11 is 0. The number of urea groups is 1. The van der Waals surface area contributed by atoms with Gasteiger partial charge >= 0.3 is 6.03 Å². The number of nitrogens with one attached hydrogen (secondary N) is 1. The molecule has 0 bridgehead atoms. The van der Waals surface area contributed by atoms with Crippen LogP contribution in [0.3, 0.4) is 0 Å². The van der Waals surface area contributed by atoms with E-state index in [1.165, 1.54) is 4.90 Å². The molecule has 1 aromatic heterocycles. The number of H-pyrrole nitrogens is 1. The van der Waals surface area contributed by atoms with Crippen molar-refractivity contribution in [3.63, 3.8) is 0 Å². The number of rotatable bonds is 2. The van der Waals surface area contributed by atoms with E-state index in [4.69, 9.17) is 4.74 Å². The number of aromatic amines is 1. The molecule has 1 N–H and O–H groups in total. The van der Waals surface area contributed by atoms with Gasteiger partial charge in [-0.25, -0.2) is 9.69 Å². The Labute approximate surface area is 179 Å². The molecule has 0 unspecified atom stereocenters. The molecule has 1 saturated heterocycles. The largest absolute Gasteiger partial charge is 0.497 e. The second kappa shape index (κ2) is 6.11. The Kier molecular flexibility index (Phi) is 3.55. The molecule has 6 heteroatoms. The fourth-order valence-corrected chi connectivity index (χ4v) is 5.16. The van der Waals surface area contributed by atoms with Crippen molar-refractivity contribution in [2.75, 3.05) is 18.6 Å². The molecule has 0 spiro atoms. The first-order valence-corrected chi connectivity index (χ1v) is 10.4. The number of benzene rings is 3. The number of methoxy groups -OCH3 is 1. The molecule has 31 heavy (non-hydrogen) atoms. The van der Waals surface area contributed by atoms with Gasteiger partial charge in [-0.3, -0.25) is 4.79 Å². The van der Waals surface area contributed by atoms with Gasteiger partial charge < -0.3 is 14.6 Å². The molecule has 0 radical (unpaired) electrons. The number of carbonyl (C=O) groups excluding carboxylic acids is 2. The van der Waals surface area contributed by atoms with Gasteiger partial charge in [0, 0.05) is 22.8 Å². The van der Waals surface area contributed by atoms with Crippen LogP contribution in [0.4, 0.5) is 10.5 Å². The standard InChI is InChI=1S/C25H21N3O3/c1-25-22-18(19-14-16(31-2)10-11-20(19)26-22)12-13-27(25)24(30)28(23(25)29)21-9-5-7-15-6-3-4-8-17(15)21/h3-11,14,26H,12-13H2,1-2H3/t25-/m1/s1. The van der Waals surface area contributed by atoms with Gasteiger partial charge in [-0.2, -0.15) is 0 Å². The van der Waals surface area contributed by atoms with Crippen molar-refractivity contribution >= 4 is 39.3 Å². The first-order chi connectivity index (χ1) is 15.0. The first-order valence-electron chi connectivity index (χ1n) is 10.4. The van der Waals surface area contributed by atoms with Crippen LogP contribution in [0.25, 0.3) is 21.7 Å². The summed E-state index contributed by atoms with van der Waals surface area (Å²) in [4.78, 5) is 33.9. The number of imide groups is 1. The lowest BCUT2D eigenvalue weighted by molar-refractivity contribution is -0.125. The van der Waals surface area contributed by atoms with Crippen molar-refractivity contribution in [3.05, 3.63) is 71.9 Å². The average molecular weight is 411 g/mol. The minimum Gasteiger partial charge on any atom is -0.497 e. The van der Waals surface area contributed by atoms with E-state index in [2.05, 4.69) is 4.98 Å². The SMILES string of the molecule is COc1ccc2[nH]c3c(c2c1)CCN1C(=O)N(c2cccc4ccccc24)C(=O)[C@@]31C. The minimum atomic E-state index is -1.08. The number of hydrogen-bond donors (Lipinski definition) is 1. The van der Waals surface area contributed by atoms with E-state index in [0.29, 0.717) is 18.7 Å². The van der Waals surface area contributed by atoms with Gasteiger partial charge in [0.1, 0.15) is 5.75 Å². The predicted molar refractivity (Wildman–Crippen MR) is 119 cm³/mol. The Morgan fingerprint density at radius 1 is 1.00 bits per heavy atom. The van der Waals surface area contributed by atoms with Crippen LogP contribution in [0.15, 0.2) is 60.7 Å². The molecule has 6 nitrogen and oxygen atoms in total. The number of nitrogens with zero attached hydrogens (tertiary/aromatic N) is 2. The van der Waals surface area contributed by atoms with E-state index in [-0.39, 0.29) is 11.9 Å². The summed E-state index contributed by atoms with van der Waals surface area (Å²) in [6, 6.07) is 19.1. The predicted octanol–water partition coefficient (Wildman–Crippen LogP) is 4.57. The van der Waals surface area contributed by atoms with Crippen LogP contribution in [0.5, 0.6) is 5.75 Å². The van der Waals surface area contributed by atoms with Crippen molar-refractivity contribution in [3.8, 4) is 5.75 Å². The third kappa shape index (κ3) is 2.22. The van der Waals surface area contributed by atoms with Crippen LogP contribution in [-0.4, -0.2) is 35.5 Å². The average Bonchev–Trinajstić information content (AvgIpc) is 3.26. The van der Waals surface area contributed by atoms with Gasteiger partial charge in [0.2, 0.25) is 0 Å². The smallest absolute Gasteiger partial charge is 0.332 e. The maximum absolute atomic E-state index is 13.9. The van der Waals surface area contributed by atoms with Crippen LogP contribution in [0.2, 0.25) is 0 Å².